The third-order valence-electron chi connectivity index (χ3n) is 2.97. The van der Waals surface area contributed by atoms with Crippen LogP contribution in [-0.2, 0) is 0 Å². The number of rotatable bonds is 2. The second kappa shape index (κ2) is 4.69. The molecule has 1 heterocycles. The summed E-state index contributed by atoms with van der Waals surface area (Å²) in [6, 6.07) is 2.38. The topological polar surface area (TPSA) is 17.1 Å². The quantitative estimate of drug-likeness (QED) is 0.600. The third kappa shape index (κ3) is 2.27. The van der Waals surface area contributed by atoms with Gasteiger partial charge in [0.05, 0.1) is 14.8 Å². The summed E-state index contributed by atoms with van der Waals surface area (Å²) in [6.45, 7) is 1.76. The minimum Gasteiger partial charge on any atom is -0.292 e. The molecular formula is C12H11BrF2OS. The number of hydrogen-bond acceptors (Lipinski definition) is 2. The first kappa shape index (κ1) is 13.0. The van der Waals surface area contributed by atoms with Crippen LogP contribution in [0, 0.1) is 11.6 Å². The molecule has 0 aliphatic carbocycles. The van der Waals surface area contributed by atoms with Gasteiger partial charge in [-0.2, -0.15) is 0 Å². The summed E-state index contributed by atoms with van der Waals surface area (Å²) in [7, 11) is 0. The standard InChI is InChI=1S/C12H11BrF2OS/c1-12(5-2-6-17-12)11(16)9-8(14)4-3-7(13)10(9)15/h3-4H,2,5-6H2,1H3. The minimum atomic E-state index is -0.802. The Morgan fingerprint density at radius 3 is 2.76 bits per heavy atom. The fourth-order valence-electron chi connectivity index (χ4n) is 1.96. The molecular weight excluding hydrogens is 310 g/mol. The molecule has 2 rings (SSSR count). The molecule has 0 N–H and O–H groups in total. The van der Waals surface area contributed by atoms with Crippen molar-refractivity contribution in [1.29, 1.82) is 0 Å². The van der Waals surface area contributed by atoms with E-state index in [2.05, 4.69) is 15.9 Å². The molecule has 92 valence electrons. The van der Waals surface area contributed by atoms with Crippen molar-refractivity contribution in [2.45, 2.75) is 24.5 Å². The van der Waals surface area contributed by atoms with Gasteiger partial charge in [0.15, 0.2) is 11.6 Å². The van der Waals surface area contributed by atoms with Gasteiger partial charge in [0.2, 0.25) is 0 Å². The number of carbonyl (C=O) groups is 1. The summed E-state index contributed by atoms with van der Waals surface area (Å²) < 4.78 is 26.9. The zero-order valence-electron chi connectivity index (χ0n) is 9.23. The van der Waals surface area contributed by atoms with Gasteiger partial charge in [-0.15, -0.1) is 11.8 Å². The van der Waals surface area contributed by atoms with Gasteiger partial charge in [-0.05, 0) is 53.6 Å². The van der Waals surface area contributed by atoms with Crippen LogP contribution < -0.4 is 0 Å². The Bertz CT molecular complexity index is 470. The first-order chi connectivity index (χ1) is 7.96. The van der Waals surface area contributed by atoms with Gasteiger partial charge in [0.1, 0.15) is 5.82 Å². The molecule has 0 bridgehead atoms. The van der Waals surface area contributed by atoms with Gasteiger partial charge in [-0.3, -0.25) is 4.79 Å². The highest BCUT2D eigenvalue weighted by Crippen LogP contribution is 2.41. The zero-order chi connectivity index (χ0) is 12.6. The van der Waals surface area contributed by atoms with Crippen LogP contribution in [0.5, 0.6) is 0 Å². The predicted octanol–water partition coefficient (Wildman–Crippen LogP) is 4.20. The third-order valence-corrected chi connectivity index (χ3v) is 5.10. The number of thioether (sulfide) groups is 1. The van der Waals surface area contributed by atoms with E-state index in [1.165, 1.54) is 17.8 Å². The van der Waals surface area contributed by atoms with E-state index in [1.807, 2.05) is 0 Å². The van der Waals surface area contributed by atoms with Crippen LogP contribution in [0.15, 0.2) is 16.6 Å². The zero-order valence-corrected chi connectivity index (χ0v) is 11.6. The van der Waals surface area contributed by atoms with Crippen molar-refractivity contribution in [2.24, 2.45) is 0 Å². The molecule has 1 nitrogen and oxygen atoms in total. The normalized spacial score (nSPS) is 24.0. The summed E-state index contributed by atoms with van der Waals surface area (Å²) in [4.78, 5) is 12.2. The molecule has 5 heteroatoms. The summed E-state index contributed by atoms with van der Waals surface area (Å²) >= 11 is 4.45. The largest absolute Gasteiger partial charge is 0.292 e. The van der Waals surface area contributed by atoms with Crippen LogP contribution in [0.1, 0.15) is 30.1 Å². The van der Waals surface area contributed by atoms with E-state index in [1.54, 1.807) is 6.92 Å². The van der Waals surface area contributed by atoms with Gasteiger partial charge in [-0.25, -0.2) is 8.78 Å². The number of halogens is 3. The second-order valence-electron chi connectivity index (χ2n) is 4.23. The second-order valence-corrected chi connectivity index (χ2v) is 6.68. The summed E-state index contributed by atoms with van der Waals surface area (Å²) in [5.74, 6) is -1.18. The maximum atomic E-state index is 13.8. The molecule has 1 aromatic carbocycles. The van der Waals surface area contributed by atoms with Crippen LogP contribution in [0.4, 0.5) is 8.78 Å². The number of Topliss-reactive ketones (excluding diaryl/α,β-unsaturated/α-hetero) is 1. The average molecular weight is 321 g/mol. The van der Waals surface area contributed by atoms with E-state index in [0.717, 1.165) is 18.2 Å². The first-order valence-electron chi connectivity index (χ1n) is 5.28. The number of hydrogen-bond donors (Lipinski definition) is 0. The molecule has 0 saturated carbocycles. The maximum Gasteiger partial charge on any atom is 0.184 e. The maximum absolute atomic E-state index is 13.8. The fourth-order valence-corrected chi connectivity index (χ4v) is 3.55. The lowest BCUT2D eigenvalue weighted by molar-refractivity contribution is 0.0940. The van der Waals surface area contributed by atoms with Gasteiger partial charge in [0, 0.05) is 0 Å². The molecule has 1 aliphatic rings. The lowest BCUT2D eigenvalue weighted by Crippen LogP contribution is -2.30. The van der Waals surface area contributed by atoms with Crippen molar-refractivity contribution in [1.82, 2.24) is 0 Å². The van der Waals surface area contributed by atoms with E-state index in [9.17, 15) is 13.6 Å². The van der Waals surface area contributed by atoms with Crippen molar-refractivity contribution in [2.75, 3.05) is 5.75 Å². The lowest BCUT2D eigenvalue weighted by atomic mass is 9.94. The molecule has 0 amide bonds. The van der Waals surface area contributed by atoms with Crippen molar-refractivity contribution < 1.29 is 13.6 Å². The van der Waals surface area contributed by atoms with Gasteiger partial charge >= 0.3 is 0 Å². The molecule has 1 unspecified atom stereocenters. The molecule has 1 saturated heterocycles. The predicted molar refractivity (Wildman–Crippen MR) is 68.5 cm³/mol. The smallest absolute Gasteiger partial charge is 0.184 e. The number of ketones is 1. The highest BCUT2D eigenvalue weighted by Gasteiger charge is 2.40. The molecule has 1 fully saturated rings. The van der Waals surface area contributed by atoms with Crippen LogP contribution >= 0.6 is 27.7 Å². The van der Waals surface area contributed by atoms with E-state index >= 15 is 0 Å². The number of benzene rings is 1. The molecule has 1 aliphatic heterocycles. The molecule has 1 aromatic rings. The van der Waals surface area contributed by atoms with E-state index < -0.39 is 27.7 Å². The van der Waals surface area contributed by atoms with E-state index in [0.29, 0.717) is 6.42 Å². The van der Waals surface area contributed by atoms with Gasteiger partial charge in [-0.1, -0.05) is 0 Å². The van der Waals surface area contributed by atoms with Gasteiger partial charge < -0.3 is 0 Å². The van der Waals surface area contributed by atoms with Crippen LogP contribution in [-0.4, -0.2) is 16.3 Å². The Kier molecular flexibility index (Phi) is 3.59. The monoisotopic (exact) mass is 320 g/mol. The Morgan fingerprint density at radius 1 is 1.47 bits per heavy atom. The van der Waals surface area contributed by atoms with Crippen LogP contribution in [0.2, 0.25) is 0 Å². The Balaban J connectivity index is 2.47. The Morgan fingerprint density at radius 2 is 2.18 bits per heavy atom. The van der Waals surface area contributed by atoms with E-state index in [4.69, 9.17) is 0 Å². The Hall–Kier alpha value is -0.420. The fraction of sp³-hybridized carbons (Fsp3) is 0.417. The van der Waals surface area contributed by atoms with Crippen molar-refractivity contribution in [3.05, 3.63) is 33.8 Å². The van der Waals surface area contributed by atoms with Crippen LogP contribution in [0.25, 0.3) is 0 Å². The van der Waals surface area contributed by atoms with Crippen LogP contribution in [0.3, 0.4) is 0 Å². The van der Waals surface area contributed by atoms with Crippen molar-refractivity contribution >= 4 is 33.5 Å². The van der Waals surface area contributed by atoms with Crippen molar-refractivity contribution in [3.8, 4) is 0 Å². The molecule has 17 heavy (non-hydrogen) atoms. The van der Waals surface area contributed by atoms with E-state index in [-0.39, 0.29) is 4.47 Å². The highest BCUT2D eigenvalue weighted by atomic mass is 79.9. The molecule has 1 atom stereocenters. The lowest BCUT2D eigenvalue weighted by Gasteiger charge is -2.21. The summed E-state index contributed by atoms with van der Waals surface area (Å²) in [5, 5.41) is 0. The van der Waals surface area contributed by atoms with Gasteiger partial charge in [0.25, 0.3) is 0 Å². The average Bonchev–Trinajstić information content (AvgIpc) is 2.72. The first-order valence-corrected chi connectivity index (χ1v) is 7.06. The number of carbonyl (C=O) groups excluding carboxylic acids is 1. The molecule has 0 spiro atoms. The van der Waals surface area contributed by atoms with Crippen molar-refractivity contribution in [3.63, 3.8) is 0 Å². The summed E-state index contributed by atoms with van der Waals surface area (Å²) in [6.07, 6.45) is 1.58. The minimum absolute atomic E-state index is 0.119. The summed E-state index contributed by atoms with van der Waals surface area (Å²) in [5.41, 5.74) is -0.420. The Labute approximate surface area is 111 Å². The SMILES string of the molecule is CC1(C(=O)c2c(F)ccc(Br)c2F)CCCS1. The molecule has 0 aromatic heterocycles. The highest BCUT2D eigenvalue weighted by molar-refractivity contribution is 9.10. The molecule has 0 radical (unpaired) electrons.